The predicted octanol–water partition coefficient (Wildman–Crippen LogP) is 1.86. The highest BCUT2D eigenvalue weighted by atomic mass is 16.3. The van der Waals surface area contributed by atoms with Gasteiger partial charge in [0.15, 0.2) is 0 Å². The fourth-order valence-electron chi connectivity index (χ4n) is 2.86. The van der Waals surface area contributed by atoms with E-state index in [2.05, 4.69) is 27.7 Å². The second-order valence-corrected chi connectivity index (χ2v) is 6.07. The molecule has 7 nitrogen and oxygen atoms in total. The first kappa shape index (κ1) is 17.6. The van der Waals surface area contributed by atoms with E-state index in [-0.39, 0.29) is 24.2 Å². The predicted molar refractivity (Wildman–Crippen MR) is 100 cm³/mol. The number of urea groups is 1. The van der Waals surface area contributed by atoms with E-state index >= 15 is 0 Å². The van der Waals surface area contributed by atoms with E-state index < -0.39 is 0 Å². The second-order valence-electron chi connectivity index (χ2n) is 6.07. The summed E-state index contributed by atoms with van der Waals surface area (Å²) >= 11 is 0. The molecular formula is C19H22N4O3. The zero-order chi connectivity index (χ0) is 18.4. The summed E-state index contributed by atoms with van der Waals surface area (Å²) < 4.78 is 0. The number of aromatic hydroxyl groups is 1. The largest absolute Gasteiger partial charge is 0.508 e. The number of nitrogens with zero attached hydrogens (tertiary/aromatic N) is 2. The number of hydrogen-bond acceptors (Lipinski definition) is 4. The number of amides is 3. The van der Waals surface area contributed by atoms with Crippen molar-refractivity contribution < 1.29 is 14.7 Å². The minimum atomic E-state index is -0.341. The molecule has 0 aliphatic carbocycles. The Hall–Kier alpha value is -3.22. The monoisotopic (exact) mass is 354 g/mol. The number of nitrogens with one attached hydrogen (secondary N) is 2. The molecule has 1 heterocycles. The van der Waals surface area contributed by atoms with Crippen LogP contribution >= 0.6 is 0 Å². The minimum Gasteiger partial charge on any atom is -0.508 e. The number of carbonyl (C=O) groups excluding carboxylic acids is 2. The van der Waals surface area contributed by atoms with E-state index in [1.807, 2.05) is 18.2 Å². The quantitative estimate of drug-likeness (QED) is 0.782. The van der Waals surface area contributed by atoms with Gasteiger partial charge in [-0.05, 0) is 24.3 Å². The van der Waals surface area contributed by atoms with Crippen LogP contribution in [0.2, 0.25) is 0 Å². The Kier molecular flexibility index (Phi) is 5.58. The van der Waals surface area contributed by atoms with Gasteiger partial charge in [0.05, 0.1) is 6.54 Å². The van der Waals surface area contributed by atoms with Crippen molar-refractivity contribution in [3.63, 3.8) is 0 Å². The smallest absolute Gasteiger partial charge is 0.317 e. The van der Waals surface area contributed by atoms with Gasteiger partial charge in [0, 0.05) is 43.6 Å². The maximum absolute atomic E-state index is 12.2. The Morgan fingerprint density at radius 1 is 0.962 bits per heavy atom. The Labute approximate surface area is 152 Å². The first-order valence-corrected chi connectivity index (χ1v) is 8.53. The summed E-state index contributed by atoms with van der Waals surface area (Å²) in [7, 11) is 0. The highest BCUT2D eigenvalue weighted by Gasteiger charge is 2.21. The van der Waals surface area contributed by atoms with Crippen LogP contribution in [0.3, 0.4) is 0 Å². The summed E-state index contributed by atoms with van der Waals surface area (Å²) in [5.74, 6) is -0.269. The van der Waals surface area contributed by atoms with Crippen LogP contribution in [-0.4, -0.2) is 54.7 Å². The zero-order valence-corrected chi connectivity index (χ0v) is 14.4. The maximum Gasteiger partial charge on any atom is 0.317 e. The molecule has 7 heteroatoms. The molecule has 1 fully saturated rings. The third-order valence-corrected chi connectivity index (χ3v) is 4.22. The molecule has 136 valence electrons. The standard InChI is InChI=1S/C19H22N4O3/c24-17-8-4-5-15(13-17)21-18(25)14-20-19(26)23-11-9-22(10-12-23)16-6-2-1-3-7-16/h1-8,13,24H,9-12,14H2,(H,20,26)(H,21,25). The maximum atomic E-state index is 12.2. The van der Waals surface area contributed by atoms with Crippen LogP contribution in [-0.2, 0) is 4.79 Å². The normalized spacial score (nSPS) is 14.0. The van der Waals surface area contributed by atoms with E-state index in [1.54, 1.807) is 17.0 Å². The SMILES string of the molecule is O=C(CNC(=O)N1CCN(c2ccccc2)CC1)Nc1cccc(O)c1. The van der Waals surface area contributed by atoms with Crippen molar-refractivity contribution >= 4 is 23.3 Å². The molecule has 3 rings (SSSR count). The summed E-state index contributed by atoms with van der Waals surface area (Å²) in [6.07, 6.45) is 0. The molecule has 0 spiro atoms. The summed E-state index contributed by atoms with van der Waals surface area (Å²) in [6.45, 7) is 2.61. The average Bonchev–Trinajstić information content (AvgIpc) is 2.67. The number of benzene rings is 2. The molecule has 0 radical (unpaired) electrons. The molecule has 1 aliphatic heterocycles. The Balaban J connectivity index is 1.42. The first-order valence-electron chi connectivity index (χ1n) is 8.53. The minimum absolute atomic E-state index is 0.0723. The number of phenols is 1. The number of para-hydroxylation sites is 1. The van der Waals surface area contributed by atoms with Gasteiger partial charge in [-0.1, -0.05) is 24.3 Å². The van der Waals surface area contributed by atoms with E-state index in [1.165, 1.54) is 12.1 Å². The number of hydrogen-bond donors (Lipinski definition) is 3. The topological polar surface area (TPSA) is 84.9 Å². The number of carbonyl (C=O) groups is 2. The number of rotatable bonds is 4. The van der Waals surface area contributed by atoms with Gasteiger partial charge in [-0.15, -0.1) is 0 Å². The lowest BCUT2D eigenvalue weighted by Gasteiger charge is -2.36. The van der Waals surface area contributed by atoms with E-state index in [4.69, 9.17) is 0 Å². The molecule has 0 aromatic heterocycles. The Bertz CT molecular complexity index is 758. The molecular weight excluding hydrogens is 332 g/mol. The second kappa shape index (κ2) is 8.24. The van der Waals surface area contributed by atoms with Crippen molar-refractivity contribution in [2.75, 3.05) is 42.9 Å². The highest BCUT2D eigenvalue weighted by molar-refractivity contribution is 5.94. The van der Waals surface area contributed by atoms with Crippen LogP contribution in [0.25, 0.3) is 0 Å². The summed E-state index contributed by atoms with van der Waals surface area (Å²) in [6, 6.07) is 16.1. The van der Waals surface area contributed by atoms with Gasteiger partial charge in [0.25, 0.3) is 0 Å². The third kappa shape index (κ3) is 4.66. The van der Waals surface area contributed by atoms with Crippen LogP contribution < -0.4 is 15.5 Å². The number of phenolic OH excluding ortho intramolecular Hbond substituents is 1. The van der Waals surface area contributed by atoms with E-state index in [9.17, 15) is 14.7 Å². The molecule has 0 atom stereocenters. The summed E-state index contributed by atoms with van der Waals surface area (Å²) in [5, 5.41) is 14.7. The fraction of sp³-hybridized carbons (Fsp3) is 0.263. The third-order valence-electron chi connectivity index (χ3n) is 4.22. The average molecular weight is 354 g/mol. The molecule has 0 saturated carbocycles. The van der Waals surface area contributed by atoms with Crippen molar-refractivity contribution in [1.82, 2.24) is 10.2 Å². The summed E-state index contributed by atoms with van der Waals surface area (Å²) in [4.78, 5) is 28.1. The van der Waals surface area contributed by atoms with Crippen LogP contribution in [0, 0.1) is 0 Å². The van der Waals surface area contributed by atoms with E-state index in [0.717, 1.165) is 18.8 Å². The van der Waals surface area contributed by atoms with Crippen LogP contribution in [0.4, 0.5) is 16.2 Å². The van der Waals surface area contributed by atoms with Crippen molar-refractivity contribution in [3.8, 4) is 5.75 Å². The first-order chi connectivity index (χ1) is 12.6. The van der Waals surface area contributed by atoms with Crippen LogP contribution in [0.5, 0.6) is 5.75 Å². The lowest BCUT2D eigenvalue weighted by molar-refractivity contribution is -0.115. The van der Waals surface area contributed by atoms with Gasteiger partial charge >= 0.3 is 6.03 Å². The van der Waals surface area contributed by atoms with Gasteiger partial charge in [-0.3, -0.25) is 4.79 Å². The summed E-state index contributed by atoms with van der Waals surface area (Å²) in [5.41, 5.74) is 1.64. The molecule has 0 bridgehead atoms. The number of anilines is 2. The molecule has 1 saturated heterocycles. The number of piperazine rings is 1. The van der Waals surface area contributed by atoms with Gasteiger partial charge < -0.3 is 25.5 Å². The molecule has 0 unspecified atom stereocenters. The molecule has 2 aromatic carbocycles. The Morgan fingerprint density at radius 2 is 1.69 bits per heavy atom. The van der Waals surface area contributed by atoms with Gasteiger partial charge in [0.2, 0.25) is 5.91 Å². The molecule has 26 heavy (non-hydrogen) atoms. The van der Waals surface area contributed by atoms with Gasteiger partial charge in [-0.2, -0.15) is 0 Å². The Morgan fingerprint density at radius 3 is 2.38 bits per heavy atom. The van der Waals surface area contributed by atoms with Crippen molar-refractivity contribution in [2.45, 2.75) is 0 Å². The van der Waals surface area contributed by atoms with Crippen molar-refractivity contribution in [3.05, 3.63) is 54.6 Å². The molecule has 3 amide bonds. The lowest BCUT2D eigenvalue weighted by atomic mass is 10.2. The van der Waals surface area contributed by atoms with Crippen LogP contribution in [0.1, 0.15) is 0 Å². The van der Waals surface area contributed by atoms with Crippen LogP contribution in [0.15, 0.2) is 54.6 Å². The van der Waals surface area contributed by atoms with E-state index in [0.29, 0.717) is 18.8 Å². The van der Waals surface area contributed by atoms with Gasteiger partial charge in [0.1, 0.15) is 5.75 Å². The van der Waals surface area contributed by atoms with Crippen molar-refractivity contribution in [1.29, 1.82) is 0 Å². The van der Waals surface area contributed by atoms with Crippen molar-refractivity contribution in [2.24, 2.45) is 0 Å². The lowest BCUT2D eigenvalue weighted by Crippen LogP contribution is -2.52. The fourth-order valence-corrected chi connectivity index (χ4v) is 2.86. The zero-order valence-electron chi connectivity index (χ0n) is 14.4. The molecule has 3 N–H and O–H groups in total. The molecule has 1 aliphatic rings. The van der Waals surface area contributed by atoms with Gasteiger partial charge in [-0.25, -0.2) is 4.79 Å². The highest BCUT2D eigenvalue weighted by Crippen LogP contribution is 2.16. The molecule has 2 aromatic rings.